The van der Waals surface area contributed by atoms with Crippen LogP contribution in [0, 0.1) is 9.49 Å². The number of carbonyl (C=O) groups is 13. The van der Waals surface area contributed by atoms with Crippen LogP contribution in [0.2, 0.25) is 0 Å². The SMILES string of the molecule is O=C(O)CCC(CP(=O)(O)OCCC[C@H](NC(=O)CC[C@H](NC(=O)CCCCCNC(=O)CCC(NC(=O)CCOCCOCCOCCOCCNC(=O)CCC(=O)N1Cc2ccccc2/C=C\c2ccccc21)C(=O)NC(CCCCNC(=O)CCCc1ccc(I)cc1)C(=O)O)C(=O)O)C(=O)O)C(=O)O. The molecule has 0 aliphatic carbocycles. The van der Waals surface area contributed by atoms with E-state index in [1.807, 2.05) is 84.9 Å². The van der Waals surface area contributed by atoms with E-state index in [2.05, 4.69) is 59.8 Å². The van der Waals surface area contributed by atoms with E-state index in [0.29, 0.717) is 45.1 Å². The van der Waals surface area contributed by atoms with Crippen molar-refractivity contribution in [3.63, 3.8) is 0 Å². The van der Waals surface area contributed by atoms with Crippen molar-refractivity contribution in [3.8, 4) is 0 Å². The van der Waals surface area contributed by atoms with E-state index < -0.39 is 136 Å². The number of ether oxygens (including phenoxy) is 4. The number of halogens is 1. The van der Waals surface area contributed by atoms with Crippen molar-refractivity contribution in [2.24, 2.45) is 5.92 Å². The first-order valence-corrected chi connectivity index (χ1v) is 38.8. The second kappa shape index (κ2) is 52.3. The zero-order valence-corrected chi connectivity index (χ0v) is 63.5. The van der Waals surface area contributed by atoms with E-state index in [0.717, 1.165) is 37.9 Å². The standard InChI is InChI=1S/C73H102IN8O25P/c74-55-26-21-50(22-27-55)12-10-20-61(83)75-37-9-7-16-58(72(97)98)81-69(92)56(28-30-62(84)76-36-8-1-2-19-64(86)80-59(73(99)100)29-31-65(87)79-57(71(95)96)17-11-39-107-108(101,102)49-54(70(93)94)25-34-68(90)91)78-66(88)35-40-103-42-44-105-46-47-106-45-43-104-41-38-77-63(85)32-33-67(89)82-48-53-15-4-3-13-51(53)23-24-52-14-5-6-18-60(52)82/h3-6,13-15,18,21-24,26-27,54,56-59H,1-2,7-12,16-17,19-20,25,28-49H2,(H,75,83)(H,76,84)(H,77,85)(H,78,88)(H,79,87)(H,80,86)(H,81,92)(H,90,91)(H,93,94)(H,95,96)(H,97,98)(H,99,100)(H,101,102)/b24-23-/t54?,56?,57-,58?,59-/m0/s1. The predicted octanol–water partition coefficient (Wildman–Crippen LogP) is 4.95. The summed E-state index contributed by atoms with van der Waals surface area (Å²) in [6, 6.07) is 17.7. The minimum atomic E-state index is -4.55. The normalized spacial score (nSPS) is 13.9. The molecule has 0 saturated carbocycles. The summed E-state index contributed by atoms with van der Waals surface area (Å²) in [5.74, 6) is -12.8. The molecule has 3 aromatic carbocycles. The summed E-state index contributed by atoms with van der Waals surface area (Å²) in [7, 11) is -4.55. The van der Waals surface area contributed by atoms with Crippen LogP contribution in [-0.2, 0) is 103 Å². The second-order valence-electron chi connectivity index (χ2n) is 25.4. The Morgan fingerprint density at radius 1 is 0.435 bits per heavy atom. The molecule has 6 atom stereocenters. The fourth-order valence-electron chi connectivity index (χ4n) is 10.9. The fraction of sp³-hybridized carbons (Fsp3) is 0.548. The lowest BCUT2D eigenvalue weighted by molar-refractivity contribution is -0.143. The van der Waals surface area contributed by atoms with Crippen LogP contribution < -0.4 is 42.1 Å². The minimum absolute atomic E-state index is 0.00711. The Balaban J connectivity index is 1.12. The second-order valence-corrected chi connectivity index (χ2v) is 28.5. The number of hydrogen-bond donors (Lipinski definition) is 13. The Kier molecular flexibility index (Phi) is 44.4. The molecule has 8 amide bonds. The number of fused-ring (bicyclic) bond motifs is 2. The number of carbonyl (C=O) groups excluding carboxylic acids is 8. The highest BCUT2D eigenvalue weighted by Crippen LogP contribution is 2.45. The molecular formula is C73H102IN8O25P. The van der Waals surface area contributed by atoms with E-state index in [-0.39, 0.29) is 154 Å². The number of unbranched alkanes of at least 4 members (excludes halogenated alkanes) is 3. The molecule has 1 aliphatic rings. The van der Waals surface area contributed by atoms with Gasteiger partial charge in [0.25, 0.3) is 0 Å². The van der Waals surface area contributed by atoms with Gasteiger partial charge in [0.15, 0.2) is 0 Å². The topological polar surface area (TPSA) is 494 Å². The first kappa shape index (κ1) is 91.6. The Labute approximate surface area is 640 Å². The largest absolute Gasteiger partial charge is 0.481 e. The number of nitrogens with zero attached hydrogens (tertiary/aromatic N) is 1. The van der Waals surface area contributed by atoms with Crippen LogP contribution in [0.25, 0.3) is 12.2 Å². The third-order valence-corrected chi connectivity index (χ3v) is 19.0. The molecule has 0 aromatic heterocycles. The molecule has 1 heterocycles. The van der Waals surface area contributed by atoms with E-state index in [1.54, 1.807) is 4.90 Å². The van der Waals surface area contributed by atoms with Gasteiger partial charge in [0.1, 0.15) is 24.2 Å². The van der Waals surface area contributed by atoms with Gasteiger partial charge in [-0.25, -0.2) is 14.4 Å². The first-order chi connectivity index (χ1) is 51.7. The number of carboxylic acids is 5. The van der Waals surface area contributed by atoms with Crippen molar-refractivity contribution < 1.29 is 121 Å². The maximum absolute atomic E-state index is 13.7. The maximum atomic E-state index is 13.7. The highest BCUT2D eigenvalue weighted by molar-refractivity contribution is 14.1. The van der Waals surface area contributed by atoms with Crippen molar-refractivity contribution in [2.75, 3.05) is 90.2 Å². The number of amides is 8. The van der Waals surface area contributed by atoms with E-state index in [1.165, 1.54) is 0 Å². The highest BCUT2D eigenvalue weighted by Gasteiger charge is 2.32. The van der Waals surface area contributed by atoms with E-state index in [9.17, 15) is 92.2 Å². The van der Waals surface area contributed by atoms with Crippen molar-refractivity contribution >= 4 is 125 Å². The molecule has 0 bridgehead atoms. The third kappa shape index (κ3) is 39.9. The summed E-state index contributed by atoms with van der Waals surface area (Å²) in [6.45, 7) is 1.90. The number of aliphatic carboxylic acids is 5. The smallest absolute Gasteiger partial charge is 0.328 e. The molecule has 4 unspecified atom stereocenters. The number of para-hydroxylation sites is 1. The Hall–Kier alpha value is -8.77. The number of nitrogens with one attached hydrogen (secondary N) is 7. The van der Waals surface area contributed by atoms with Crippen LogP contribution in [0.4, 0.5) is 5.69 Å². The van der Waals surface area contributed by atoms with Crippen LogP contribution in [-0.4, -0.2) is 217 Å². The van der Waals surface area contributed by atoms with Crippen LogP contribution in [0.5, 0.6) is 0 Å². The molecule has 35 heteroatoms. The van der Waals surface area contributed by atoms with E-state index in [4.69, 9.17) is 28.6 Å². The quantitative estimate of drug-likeness (QED) is 0.0202. The van der Waals surface area contributed by atoms with Gasteiger partial charge in [0.05, 0.1) is 83.8 Å². The molecule has 108 heavy (non-hydrogen) atoms. The zero-order valence-electron chi connectivity index (χ0n) is 60.4. The fourth-order valence-corrected chi connectivity index (χ4v) is 12.7. The summed E-state index contributed by atoms with van der Waals surface area (Å²) >= 11 is 2.22. The Morgan fingerprint density at radius 2 is 0.935 bits per heavy atom. The molecular weight excluding hydrogens is 1550 g/mol. The van der Waals surface area contributed by atoms with Crippen molar-refractivity contribution in [2.45, 2.75) is 166 Å². The lowest BCUT2D eigenvalue weighted by Crippen LogP contribution is -2.52. The molecule has 13 N–H and O–H groups in total. The van der Waals surface area contributed by atoms with Crippen LogP contribution in [0.3, 0.4) is 0 Å². The predicted molar refractivity (Wildman–Crippen MR) is 401 cm³/mol. The number of benzene rings is 3. The molecule has 1 aliphatic heterocycles. The van der Waals surface area contributed by atoms with Crippen LogP contribution in [0.15, 0.2) is 72.8 Å². The third-order valence-electron chi connectivity index (χ3n) is 16.8. The number of carboxylic acid groups (broad SMARTS) is 5. The molecule has 0 fully saturated rings. The summed E-state index contributed by atoms with van der Waals surface area (Å²) in [5.41, 5.74) is 4.82. The van der Waals surface area contributed by atoms with Gasteiger partial charge in [-0.15, -0.1) is 0 Å². The maximum Gasteiger partial charge on any atom is 0.328 e. The number of rotatable bonds is 58. The highest BCUT2D eigenvalue weighted by atomic mass is 127. The molecule has 0 radical (unpaired) electrons. The van der Waals surface area contributed by atoms with Crippen LogP contribution in [0.1, 0.15) is 151 Å². The average Bonchev–Trinajstić information content (AvgIpc) is 0.804. The lowest BCUT2D eigenvalue weighted by Gasteiger charge is -2.27. The lowest BCUT2D eigenvalue weighted by atomic mass is 10.0. The average molecular weight is 1650 g/mol. The van der Waals surface area contributed by atoms with Crippen LogP contribution >= 0.6 is 30.2 Å². The number of hydrogen-bond acceptors (Lipinski definition) is 19. The first-order valence-electron chi connectivity index (χ1n) is 36.0. The van der Waals surface area contributed by atoms with Crippen molar-refractivity contribution in [1.29, 1.82) is 0 Å². The van der Waals surface area contributed by atoms with Gasteiger partial charge in [0.2, 0.25) is 47.3 Å². The molecule has 33 nitrogen and oxygen atoms in total. The van der Waals surface area contributed by atoms with Gasteiger partial charge in [0, 0.05) is 74.6 Å². The number of aryl methyl sites for hydroxylation is 1. The minimum Gasteiger partial charge on any atom is -0.481 e. The van der Waals surface area contributed by atoms with Crippen molar-refractivity contribution in [3.05, 3.63) is 98.6 Å². The van der Waals surface area contributed by atoms with Crippen molar-refractivity contribution in [1.82, 2.24) is 37.2 Å². The molecule has 4 rings (SSSR count). The molecule has 0 saturated heterocycles. The van der Waals surface area contributed by atoms with Gasteiger partial charge in [-0.3, -0.25) is 52.5 Å². The zero-order chi connectivity index (χ0) is 79.1. The monoisotopic (exact) mass is 1650 g/mol. The summed E-state index contributed by atoms with van der Waals surface area (Å²) < 4.78 is 40.6. The van der Waals surface area contributed by atoms with Gasteiger partial charge in [-0.05, 0) is 140 Å². The van der Waals surface area contributed by atoms with Gasteiger partial charge in [-0.2, -0.15) is 0 Å². The Morgan fingerprint density at radius 3 is 1.58 bits per heavy atom. The summed E-state index contributed by atoms with van der Waals surface area (Å²) in [4.78, 5) is 174. The van der Waals surface area contributed by atoms with Gasteiger partial charge < -0.3 is 96.0 Å². The van der Waals surface area contributed by atoms with Gasteiger partial charge in [-0.1, -0.05) is 73.2 Å². The summed E-state index contributed by atoms with van der Waals surface area (Å²) in [6.07, 6.45) is 3.18. The molecule has 3 aromatic rings. The number of anilines is 1. The summed E-state index contributed by atoms with van der Waals surface area (Å²) in [5, 5.41) is 65.4. The molecule has 0 spiro atoms. The van der Waals surface area contributed by atoms with Gasteiger partial charge >= 0.3 is 37.4 Å². The Bertz CT molecular complexity index is 3490. The van der Waals surface area contributed by atoms with E-state index >= 15 is 0 Å². The molecule has 596 valence electrons.